The van der Waals surface area contributed by atoms with Gasteiger partial charge in [-0.05, 0) is 62.1 Å². The molecule has 1 saturated heterocycles. The summed E-state index contributed by atoms with van der Waals surface area (Å²) >= 11 is 0. The van der Waals surface area contributed by atoms with Crippen LogP contribution in [0.25, 0.3) is 0 Å². The van der Waals surface area contributed by atoms with Crippen molar-refractivity contribution in [3.8, 4) is 0 Å². The predicted octanol–water partition coefficient (Wildman–Crippen LogP) is 3.71. The van der Waals surface area contributed by atoms with Crippen molar-refractivity contribution in [1.29, 1.82) is 0 Å². The van der Waals surface area contributed by atoms with E-state index in [1.54, 1.807) is 0 Å². The van der Waals surface area contributed by atoms with Gasteiger partial charge in [0.25, 0.3) is 0 Å². The van der Waals surface area contributed by atoms with Gasteiger partial charge in [0.05, 0.1) is 5.92 Å². The monoisotopic (exact) mass is 383 g/mol. The largest absolute Gasteiger partial charge is 0.382 e. The summed E-state index contributed by atoms with van der Waals surface area (Å²) in [5.74, 6) is 0.592. The Morgan fingerprint density at radius 3 is 2.21 bits per heavy atom. The first-order chi connectivity index (χ1) is 13.7. The van der Waals surface area contributed by atoms with Gasteiger partial charge in [0.1, 0.15) is 0 Å². The summed E-state index contributed by atoms with van der Waals surface area (Å²) in [4.78, 5) is 23.6. The van der Waals surface area contributed by atoms with Crippen LogP contribution in [0.1, 0.15) is 75.7 Å². The van der Waals surface area contributed by atoms with Crippen LogP contribution in [0.4, 0.5) is 5.69 Å². The highest BCUT2D eigenvalue weighted by Crippen LogP contribution is 2.33. The van der Waals surface area contributed by atoms with Crippen molar-refractivity contribution < 1.29 is 9.59 Å². The third-order valence-electron chi connectivity index (χ3n) is 6.78. The van der Waals surface area contributed by atoms with E-state index in [1.165, 1.54) is 43.4 Å². The molecule has 0 radical (unpaired) electrons. The summed E-state index contributed by atoms with van der Waals surface area (Å²) in [6.45, 7) is 0.485. The Morgan fingerprint density at radius 2 is 1.57 bits per heavy atom. The fraction of sp³-hybridized carbons (Fsp3) is 0.652. The molecule has 3 N–H and O–H groups in total. The molecule has 2 aliphatic carbocycles. The summed E-state index contributed by atoms with van der Waals surface area (Å²) < 4.78 is 0. The van der Waals surface area contributed by atoms with Crippen LogP contribution >= 0.6 is 0 Å². The second kappa shape index (κ2) is 8.97. The summed E-state index contributed by atoms with van der Waals surface area (Å²) in [5, 5.41) is 9.57. The van der Waals surface area contributed by atoms with Gasteiger partial charge in [-0.2, -0.15) is 0 Å². The highest BCUT2D eigenvalue weighted by atomic mass is 16.2. The normalized spacial score (nSPS) is 28.6. The van der Waals surface area contributed by atoms with E-state index in [0.29, 0.717) is 19.0 Å². The topological polar surface area (TPSA) is 70.2 Å². The zero-order valence-corrected chi connectivity index (χ0v) is 16.7. The highest BCUT2D eigenvalue weighted by molar-refractivity contribution is 5.89. The van der Waals surface area contributed by atoms with Crippen LogP contribution in [0.5, 0.6) is 0 Å². The SMILES string of the molecule is O=C1CC(C(=O)NC2CCC(Nc3ccc(C4CCCCC4)cc3)CC2)CN1. The van der Waals surface area contributed by atoms with Crippen molar-refractivity contribution in [3.63, 3.8) is 0 Å². The van der Waals surface area contributed by atoms with Gasteiger partial charge in [-0.25, -0.2) is 0 Å². The Kier molecular flexibility index (Phi) is 6.18. The zero-order valence-electron chi connectivity index (χ0n) is 16.7. The van der Waals surface area contributed by atoms with Crippen molar-refractivity contribution >= 4 is 17.5 Å². The van der Waals surface area contributed by atoms with Gasteiger partial charge < -0.3 is 16.0 Å². The molecule has 152 valence electrons. The second-order valence-corrected chi connectivity index (χ2v) is 8.86. The van der Waals surface area contributed by atoms with Crippen molar-refractivity contribution in [2.24, 2.45) is 5.92 Å². The lowest BCUT2D eigenvalue weighted by atomic mass is 9.84. The number of carbonyl (C=O) groups is 2. The third kappa shape index (κ3) is 4.86. The average molecular weight is 384 g/mol. The van der Waals surface area contributed by atoms with Gasteiger partial charge in [-0.15, -0.1) is 0 Å². The van der Waals surface area contributed by atoms with Gasteiger partial charge in [-0.3, -0.25) is 9.59 Å². The fourth-order valence-corrected chi connectivity index (χ4v) is 5.01. The minimum Gasteiger partial charge on any atom is -0.382 e. The Hall–Kier alpha value is -2.04. The standard InChI is InChI=1S/C23H33N3O2/c27-22-14-18(15-24-22)23(28)26-21-12-10-20(11-13-21)25-19-8-6-17(7-9-19)16-4-2-1-3-5-16/h6-9,16,18,20-21,25H,1-5,10-15H2,(H,24,27)(H,26,28). The van der Waals surface area contributed by atoms with E-state index in [0.717, 1.165) is 31.6 Å². The number of rotatable bonds is 5. The van der Waals surface area contributed by atoms with E-state index in [4.69, 9.17) is 0 Å². The predicted molar refractivity (Wildman–Crippen MR) is 111 cm³/mol. The molecule has 1 heterocycles. The van der Waals surface area contributed by atoms with E-state index in [-0.39, 0.29) is 23.8 Å². The van der Waals surface area contributed by atoms with Crippen molar-refractivity contribution in [2.45, 2.75) is 82.2 Å². The minimum atomic E-state index is -0.189. The number of amides is 2. The van der Waals surface area contributed by atoms with Crippen molar-refractivity contribution in [3.05, 3.63) is 29.8 Å². The van der Waals surface area contributed by atoms with Gasteiger partial charge in [0.2, 0.25) is 11.8 Å². The molecule has 2 saturated carbocycles. The lowest BCUT2D eigenvalue weighted by molar-refractivity contribution is -0.127. The maximum Gasteiger partial charge on any atom is 0.225 e. The fourth-order valence-electron chi connectivity index (χ4n) is 5.01. The minimum absolute atomic E-state index is 0.0115. The highest BCUT2D eigenvalue weighted by Gasteiger charge is 2.30. The lowest BCUT2D eigenvalue weighted by Crippen LogP contribution is -2.43. The van der Waals surface area contributed by atoms with E-state index in [2.05, 4.69) is 40.2 Å². The van der Waals surface area contributed by atoms with Crippen LogP contribution in [0.2, 0.25) is 0 Å². The Labute approximate surface area is 168 Å². The zero-order chi connectivity index (χ0) is 19.3. The van der Waals surface area contributed by atoms with Crippen molar-refractivity contribution in [1.82, 2.24) is 10.6 Å². The van der Waals surface area contributed by atoms with Crippen LogP contribution < -0.4 is 16.0 Å². The molecule has 3 fully saturated rings. The van der Waals surface area contributed by atoms with Gasteiger partial charge in [0, 0.05) is 30.7 Å². The molecule has 1 unspecified atom stereocenters. The van der Waals surface area contributed by atoms with Crippen LogP contribution in [0.15, 0.2) is 24.3 Å². The Bertz CT molecular complexity index is 674. The maximum absolute atomic E-state index is 12.3. The number of benzene rings is 1. The number of nitrogens with one attached hydrogen (secondary N) is 3. The maximum atomic E-state index is 12.3. The Balaban J connectivity index is 1.21. The molecule has 0 spiro atoms. The molecule has 0 aromatic heterocycles. The molecule has 1 aliphatic heterocycles. The molecular formula is C23H33N3O2. The van der Waals surface area contributed by atoms with Gasteiger partial charge in [-0.1, -0.05) is 31.4 Å². The first-order valence-electron chi connectivity index (χ1n) is 11.1. The van der Waals surface area contributed by atoms with E-state index in [1.807, 2.05) is 0 Å². The van der Waals surface area contributed by atoms with Crippen LogP contribution in [0.3, 0.4) is 0 Å². The molecule has 0 bridgehead atoms. The molecule has 1 aromatic rings. The molecular weight excluding hydrogens is 350 g/mol. The van der Waals surface area contributed by atoms with Gasteiger partial charge >= 0.3 is 0 Å². The summed E-state index contributed by atoms with van der Waals surface area (Å²) in [6.07, 6.45) is 11.3. The first kappa shape index (κ1) is 19.3. The van der Waals surface area contributed by atoms with Crippen LogP contribution in [0, 0.1) is 5.92 Å². The molecule has 3 aliphatic rings. The molecule has 4 rings (SSSR count). The molecule has 1 atom stereocenters. The van der Waals surface area contributed by atoms with Crippen LogP contribution in [-0.4, -0.2) is 30.4 Å². The smallest absolute Gasteiger partial charge is 0.225 e. The van der Waals surface area contributed by atoms with Crippen molar-refractivity contribution in [2.75, 3.05) is 11.9 Å². The second-order valence-electron chi connectivity index (χ2n) is 8.86. The molecule has 5 heteroatoms. The number of hydrogen-bond acceptors (Lipinski definition) is 3. The number of anilines is 1. The summed E-state index contributed by atoms with van der Waals surface area (Å²) in [6, 6.07) is 9.81. The molecule has 1 aromatic carbocycles. The summed E-state index contributed by atoms with van der Waals surface area (Å²) in [5.41, 5.74) is 2.71. The van der Waals surface area contributed by atoms with Crippen LogP contribution in [-0.2, 0) is 9.59 Å². The Morgan fingerprint density at radius 1 is 0.893 bits per heavy atom. The quantitative estimate of drug-likeness (QED) is 0.726. The lowest BCUT2D eigenvalue weighted by Gasteiger charge is -2.31. The molecule has 2 amide bonds. The van der Waals surface area contributed by atoms with E-state index < -0.39 is 0 Å². The molecule has 5 nitrogen and oxygen atoms in total. The van der Waals surface area contributed by atoms with Gasteiger partial charge in [0.15, 0.2) is 0 Å². The number of carbonyl (C=O) groups excluding carboxylic acids is 2. The summed E-state index contributed by atoms with van der Waals surface area (Å²) in [7, 11) is 0. The molecule has 28 heavy (non-hydrogen) atoms. The van der Waals surface area contributed by atoms with E-state index in [9.17, 15) is 9.59 Å². The average Bonchev–Trinajstić information content (AvgIpc) is 3.17. The van der Waals surface area contributed by atoms with E-state index >= 15 is 0 Å². The first-order valence-corrected chi connectivity index (χ1v) is 11.1. The third-order valence-corrected chi connectivity index (χ3v) is 6.78. The number of hydrogen-bond donors (Lipinski definition) is 3.